The molecule has 0 unspecified atom stereocenters. The van der Waals surface area contributed by atoms with Crippen LogP contribution in [0, 0.1) is 5.82 Å². The van der Waals surface area contributed by atoms with Crippen LogP contribution in [-0.2, 0) is 16.6 Å². The first-order valence-electron chi connectivity index (χ1n) is 8.12. The van der Waals surface area contributed by atoms with E-state index < -0.39 is 26.4 Å². The average Bonchev–Trinajstić information content (AvgIpc) is 2.98. The number of imidazole rings is 1. The minimum absolute atomic E-state index is 0.0616. The summed E-state index contributed by atoms with van der Waals surface area (Å²) in [5.41, 5.74) is 0.624. The Kier molecular flexibility index (Phi) is 4.52. The number of aromatic amines is 1. The van der Waals surface area contributed by atoms with E-state index in [1.807, 2.05) is 0 Å². The van der Waals surface area contributed by atoms with Crippen LogP contribution in [0.15, 0.2) is 40.2 Å². The monoisotopic (exact) mass is 437 g/mol. The van der Waals surface area contributed by atoms with Crippen LogP contribution in [0.4, 0.5) is 4.39 Å². The molecule has 0 atom stereocenters. The Bertz CT molecular complexity index is 1420. The minimum atomic E-state index is -4.13. The zero-order chi connectivity index (χ0) is 20.9. The third-order valence-electron chi connectivity index (χ3n) is 4.40. The standard InChI is InChI=1S/C17H13ClFN5O4S/c1-28-14-3-2-9-15-13(6-21-16(9)23-14)22-17(25)24(15)7-10-11(18)4-8(5-12(10)19)29(20,26)27/h2-6H,7H2,1H3,(H,22,25)(H2,20,26,27). The third kappa shape index (κ3) is 3.33. The molecule has 3 heterocycles. The SMILES string of the molecule is COc1ccc2c(ncc3[nH]c(=O)n(Cc4c(F)cc(S(N)(=O)=O)cc4Cl)c32)n1. The van der Waals surface area contributed by atoms with Gasteiger partial charge in [0.15, 0.2) is 5.65 Å². The average molecular weight is 438 g/mol. The van der Waals surface area contributed by atoms with E-state index in [2.05, 4.69) is 15.0 Å². The zero-order valence-corrected chi connectivity index (χ0v) is 16.4. The van der Waals surface area contributed by atoms with Gasteiger partial charge in [-0.05, 0) is 18.2 Å². The van der Waals surface area contributed by atoms with Gasteiger partial charge < -0.3 is 9.72 Å². The molecule has 0 fully saturated rings. The van der Waals surface area contributed by atoms with Crippen molar-refractivity contribution in [2.45, 2.75) is 11.4 Å². The lowest BCUT2D eigenvalue weighted by Gasteiger charge is -2.10. The van der Waals surface area contributed by atoms with E-state index >= 15 is 0 Å². The Hall–Kier alpha value is -3.02. The number of hydrogen-bond acceptors (Lipinski definition) is 6. The van der Waals surface area contributed by atoms with Crippen LogP contribution in [0.5, 0.6) is 5.88 Å². The molecule has 12 heteroatoms. The minimum Gasteiger partial charge on any atom is -0.481 e. The van der Waals surface area contributed by atoms with Crippen LogP contribution < -0.4 is 15.6 Å². The number of rotatable bonds is 4. The first kappa shape index (κ1) is 19.3. The third-order valence-corrected chi connectivity index (χ3v) is 5.63. The van der Waals surface area contributed by atoms with Crippen molar-refractivity contribution in [3.63, 3.8) is 0 Å². The molecule has 29 heavy (non-hydrogen) atoms. The van der Waals surface area contributed by atoms with Crippen LogP contribution in [0.3, 0.4) is 0 Å². The van der Waals surface area contributed by atoms with Gasteiger partial charge in [0.1, 0.15) is 5.82 Å². The quantitative estimate of drug-likeness (QED) is 0.500. The summed E-state index contributed by atoms with van der Waals surface area (Å²) in [5, 5.41) is 5.40. The molecule has 0 aliphatic carbocycles. The van der Waals surface area contributed by atoms with Gasteiger partial charge in [-0.2, -0.15) is 4.98 Å². The molecule has 0 aliphatic heterocycles. The number of nitrogens with two attached hydrogens (primary N) is 1. The van der Waals surface area contributed by atoms with Gasteiger partial charge in [-0.25, -0.2) is 27.7 Å². The number of nitrogens with one attached hydrogen (secondary N) is 1. The molecule has 4 aromatic rings. The topological polar surface area (TPSA) is 133 Å². The number of nitrogens with zero attached hydrogens (tertiary/aromatic N) is 3. The predicted molar refractivity (Wildman–Crippen MR) is 104 cm³/mol. The first-order chi connectivity index (χ1) is 13.7. The molecule has 3 aromatic heterocycles. The van der Waals surface area contributed by atoms with Gasteiger partial charge in [0.2, 0.25) is 15.9 Å². The number of pyridine rings is 2. The van der Waals surface area contributed by atoms with E-state index in [0.29, 0.717) is 27.9 Å². The van der Waals surface area contributed by atoms with Crippen LogP contribution in [0.25, 0.3) is 22.1 Å². The number of halogens is 2. The van der Waals surface area contributed by atoms with Crippen molar-refractivity contribution in [2.24, 2.45) is 5.14 Å². The van der Waals surface area contributed by atoms with Crippen molar-refractivity contribution in [2.75, 3.05) is 7.11 Å². The summed E-state index contributed by atoms with van der Waals surface area (Å²) in [6, 6.07) is 5.10. The lowest BCUT2D eigenvalue weighted by molar-refractivity contribution is 0.399. The molecule has 0 bridgehead atoms. The summed E-state index contributed by atoms with van der Waals surface area (Å²) in [6.07, 6.45) is 1.43. The highest BCUT2D eigenvalue weighted by atomic mass is 35.5. The maximum Gasteiger partial charge on any atom is 0.326 e. The number of sulfonamides is 1. The number of benzene rings is 1. The number of fused-ring (bicyclic) bond motifs is 3. The lowest BCUT2D eigenvalue weighted by Crippen LogP contribution is -2.19. The molecule has 9 nitrogen and oxygen atoms in total. The number of hydrogen-bond donors (Lipinski definition) is 2. The summed E-state index contributed by atoms with van der Waals surface area (Å²) in [6.45, 7) is -0.250. The molecule has 3 N–H and O–H groups in total. The van der Waals surface area contributed by atoms with Crippen molar-refractivity contribution in [3.8, 4) is 5.88 Å². The second kappa shape index (κ2) is 6.79. The highest BCUT2D eigenvalue weighted by Crippen LogP contribution is 2.27. The van der Waals surface area contributed by atoms with Crippen LogP contribution in [-0.4, -0.2) is 35.0 Å². The molecule has 0 aliphatic rings. The lowest BCUT2D eigenvalue weighted by atomic mass is 10.2. The molecule has 1 aromatic carbocycles. The molecule has 0 spiro atoms. The highest BCUT2D eigenvalue weighted by molar-refractivity contribution is 7.89. The van der Waals surface area contributed by atoms with Gasteiger partial charge in [-0.3, -0.25) is 4.57 Å². The summed E-state index contributed by atoms with van der Waals surface area (Å²) >= 11 is 6.09. The number of ether oxygens (including phenoxy) is 1. The zero-order valence-electron chi connectivity index (χ0n) is 14.8. The first-order valence-corrected chi connectivity index (χ1v) is 10.0. The van der Waals surface area contributed by atoms with Crippen molar-refractivity contribution >= 4 is 43.7 Å². The fourth-order valence-corrected chi connectivity index (χ4v) is 3.91. The maximum atomic E-state index is 14.6. The molecule has 0 saturated carbocycles. The normalized spacial score (nSPS) is 12.0. The second-order valence-electron chi connectivity index (χ2n) is 6.17. The van der Waals surface area contributed by atoms with Gasteiger partial charge in [0.05, 0.1) is 35.8 Å². The predicted octanol–water partition coefficient (Wildman–Crippen LogP) is 1.77. The van der Waals surface area contributed by atoms with Crippen LogP contribution in [0.1, 0.15) is 5.56 Å². The summed E-state index contributed by atoms with van der Waals surface area (Å²) in [4.78, 5) is 23.1. The Balaban J connectivity index is 1.92. The van der Waals surface area contributed by atoms with E-state index in [4.69, 9.17) is 21.5 Å². The summed E-state index contributed by atoms with van der Waals surface area (Å²) in [7, 11) is -2.67. The molecule has 0 saturated heterocycles. The van der Waals surface area contributed by atoms with Gasteiger partial charge >= 0.3 is 5.69 Å². The Labute approximate surface area is 168 Å². The Morgan fingerprint density at radius 3 is 2.76 bits per heavy atom. The fraction of sp³-hybridized carbons (Fsp3) is 0.118. The fourth-order valence-electron chi connectivity index (χ4n) is 3.03. The Morgan fingerprint density at radius 1 is 1.34 bits per heavy atom. The van der Waals surface area contributed by atoms with E-state index in [0.717, 1.165) is 12.1 Å². The highest BCUT2D eigenvalue weighted by Gasteiger charge is 2.19. The smallest absolute Gasteiger partial charge is 0.326 e. The number of primary sulfonamides is 1. The van der Waals surface area contributed by atoms with Gasteiger partial charge in [0, 0.05) is 22.0 Å². The largest absolute Gasteiger partial charge is 0.481 e. The second-order valence-corrected chi connectivity index (χ2v) is 8.14. The van der Waals surface area contributed by atoms with E-state index in [-0.39, 0.29) is 17.1 Å². The number of H-pyrrole nitrogens is 1. The number of aromatic nitrogens is 4. The van der Waals surface area contributed by atoms with E-state index in [9.17, 15) is 17.6 Å². The van der Waals surface area contributed by atoms with Crippen molar-refractivity contribution in [3.05, 3.63) is 57.3 Å². The molecule has 0 amide bonds. The molecule has 0 radical (unpaired) electrons. The van der Waals surface area contributed by atoms with Crippen LogP contribution >= 0.6 is 11.6 Å². The summed E-state index contributed by atoms with van der Waals surface area (Å²) < 4.78 is 43.9. The molecule has 4 rings (SSSR count). The van der Waals surface area contributed by atoms with Crippen LogP contribution in [0.2, 0.25) is 5.02 Å². The Morgan fingerprint density at radius 2 is 2.10 bits per heavy atom. The van der Waals surface area contributed by atoms with Gasteiger partial charge in [-0.1, -0.05) is 11.6 Å². The van der Waals surface area contributed by atoms with Crippen molar-refractivity contribution < 1.29 is 17.5 Å². The molecule has 150 valence electrons. The van der Waals surface area contributed by atoms with E-state index in [1.54, 1.807) is 12.1 Å². The van der Waals surface area contributed by atoms with Crippen molar-refractivity contribution in [1.82, 2.24) is 19.5 Å². The van der Waals surface area contributed by atoms with Gasteiger partial charge in [-0.15, -0.1) is 0 Å². The summed E-state index contributed by atoms with van der Waals surface area (Å²) in [5.74, 6) is -0.553. The molecular weight excluding hydrogens is 425 g/mol. The van der Waals surface area contributed by atoms with Crippen molar-refractivity contribution in [1.29, 1.82) is 0 Å². The molecular formula is C17H13ClFN5O4S. The van der Waals surface area contributed by atoms with E-state index in [1.165, 1.54) is 17.9 Å². The maximum absolute atomic E-state index is 14.6. The van der Waals surface area contributed by atoms with Gasteiger partial charge in [0.25, 0.3) is 0 Å². The number of methoxy groups -OCH3 is 1.